The lowest BCUT2D eigenvalue weighted by molar-refractivity contribution is -0.133. The molecule has 3 amide bonds. The van der Waals surface area contributed by atoms with Gasteiger partial charge in [0, 0.05) is 18.0 Å². The quantitative estimate of drug-likeness (QED) is 0.275. The molecule has 1 N–H and O–H groups in total. The molecule has 31 heavy (non-hydrogen) atoms. The van der Waals surface area contributed by atoms with Gasteiger partial charge in [0.1, 0.15) is 12.2 Å². The SMILES string of the molecule is CC(C)(C)OC(=O)NC[C@@H](CCCN=[N+]=[N-])C(=O)N1C(=O)OCC1Cc1ccccc1. The monoisotopic (exact) mass is 431 g/mol. The Labute approximate surface area is 181 Å². The highest BCUT2D eigenvalue weighted by atomic mass is 16.6. The maximum absolute atomic E-state index is 13.2. The molecular formula is C21H29N5O5. The maximum atomic E-state index is 13.2. The highest BCUT2D eigenvalue weighted by Crippen LogP contribution is 2.22. The predicted molar refractivity (Wildman–Crippen MR) is 113 cm³/mol. The van der Waals surface area contributed by atoms with Crippen molar-refractivity contribution in [2.45, 2.75) is 51.7 Å². The summed E-state index contributed by atoms with van der Waals surface area (Å²) in [7, 11) is 0. The van der Waals surface area contributed by atoms with Crippen LogP contribution in [0.1, 0.15) is 39.2 Å². The van der Waals surface area contributed by atoms with Crippen molar-refractivity contribution >= 4 is 18.1 Å². The van der Waals surface area contributed by atoms with Gasteiger partial charge in [0.15, 0.2) is 0 Å². The van der Waals surface area contributed by atoms with Crippen molar-refractivity contribution < 1.29 is 23.9 Å². The van der Waals surface area contributed by atoms with E-state index in [0.29, 0.717) is 19.3 Å². The highest BCUT2D eigenvalue weighted by molar-refractivity contribution is 5.95. The third-order valence-corrected chi connectivity index (χ3v) is 4.63. The van der Waals surface area contributed by atoms with Crippen LogP contribution in [-0.4, -0.2) is 54.3 Å². The first-order valence-electron chi connectivity index (χ1n) is 10.2. The number of rotatable bonds is 9. The van der Waals surface area contributed by atoms with E-state index in [9.17, 15) is 14.4 Å². The first-order chi connectivity index (χ1) is 14.7. The molecule has 1 heterocycles. The molecule has 1 aromatic rings. The van der Waals surface area contributed by atoms with Crippen LogP contribution in [0.5, 0.6) is 0 Å². The summed E-state index contributed by atoms with van der Waals surface area (Å²) in [5.41, 5.74) is 8.76. The van der Waals surface area contributed by atoms with E-state index < -0.39 is 35.7 Å². The first-order valence-corrected chi connectivity index (χ1v) is 10.2. The first kappa shape index (κ1) is 24.0. The number of carbonyl (C=O) groups is 3. The Morgan fingerprint density at radius 1 is 1.35 bits per heavy atom. The van der Waals surface area contributed by atoms with Crippen molar-refractivity contribution in [3.05, 3.63) is 46.3 Å². The number of carbonyl (C=O) groups excluding carboxylic acids is 3. The van der Waals surface area contributed by atoms with Gasteiger partial charge in [-0.2, -0.15) is 0 Å². The van der Waals surface area contributed by atoms with Gasteiger partial charge in [-0.05, 0) is 51.1 Å². The minimum Gasteiger partial charge on any atom is -0.447 e. The van der Waals surface area contributed by atoms with Crippen LogP contribution in [-0.2, 0) is 20.7 Å². The fourth-order valence-corrected chi connectivity index (χ4v) is 3.25. The lowest BCUT2D eigenvalue weighted by Crippen LogP contribution is -2.47. The number of alkyl carbamates (subject to hydrolysis) is 1. The lowest BCUT2D eigenvalue weighted by atomic mass is 9.99. The fourth-order valence-electron chi connectivity index (χ4n) is 3.25. The smallest absolute Gasteiger partial charge is 0.416 e. The number of amides is 3. The molecule has 1 aliphatic heterocycles. The molecule has 10 heteroatoms. The molecule has 1 unspecified atom stereocenters. The number of hydrogen-bond acceptors (Lipinski definition) is 6. The van der Waals surface area contributed by atoms with E-state index in [1.807, 2.05) is 30.3 Å². The average molecular weight is 431 g/mol. The zero-order valence-corrected chi connectivity index (χ0v) is 18.1. The fraction of sp³-hybridized carbons (Fsp3) is 0.571. The third-order valence-electron chi connectivity index (χ3n) is 4.63. The number of hydrogen-bond donors (Lipinski definition) is 1. The van der Waals surface area contributed by atoms with Gasteiger partial charge < -0.3 is 14.8 Å². The van der Waals surface area contributed by atoms with Crippen molar-refractivity contribution in [1.29, 1.82) is 0 Å². The number of ether oxygens (including phenoxy) is 2. The standard InChI is InChI=1S/C21H29N5O5/c1-21(2,3)31-19(28)23-13-16(10-7-11-24-25-22)18(27)26-17(14-30-20(26)29)12-15-8-5-4-6-9-15/h4-6,8-9,16-17H,7,10-14H2,1-3H3,(H,23,28)/t16-,17?/m1/s1. The molecule has 0 aromatic heterocycles. The molecule has 1 aromatic carbocycles. The van der Waals surface area contributed by atoms with E-state index in [1.54, 1.807) is 20.8 Å². The summed E-state index contributed by atoms with van der Waals surface area (Å²) in [4.78, 5) is 41.5. The van der Waals surface area contributed by atoms with Crippen molar-refractivity contribution in [2.75, 3.05) is 19.7 Å². The van der Waals surface area contributed by atoms with E-state index in [-0.39, 0.29) is 19.7 Å². The summed E-state index contributed by atoms with van der Waals surface area (Å²) in [5.74, 6) is -1.12. The molecule has 0 radical (unpaired) electrons. The Morgan fingerprint density at radius 2 is 2.06 bits per heavy atom. The van der Waals surface area contributed by atoms with Crippen LogP contribution in [0.15, 0.2) is 35.4 Å². The van der Waals surface area contributed by atoms with Crippen molar-refractivity contribution in [1.82, 2.24) is 10.2 Å². The number of cyclic esters (lactones) is 1. The number of benzene rings is 1. The summed E-state index contributed by atoms with van der Waals surface area (Å²) in [5, 5.41) is 6.08. The minimum absolute atomic E-state index is 0.00808. The minimum atomic E-state index is -0.691. The molecule has 0 spiro atoms. The van der Waals surface area contributed by atoms with Crippen LogP contribution in [0, 0.1) is 5.92 Å². The van der Waals surface area contributed by atoms with Crippen LogP contribution >= 0.6 is 0 Å². The molecule has 2 atom stereocenters. The molecular weight excluding hydrogens is 402 g/mol. The van der Waals surface area contributed by atoms with Gasteiger partial charge in [-0.15, -0.1) is 0 Å². The van der Waals surface area contributed by atoms with Gasteiger partial charge in [0.2, 0.25) is 5.91 Å². The molecule has 0 bridgehead atoms. The Balaban J connectivity index is 2.09. The molecule has 0 saturated carbocycles. The summed E-state index contributed by atoms with van der Waals surface area (Å²) < 4.78 is 10.4. The second-order valence-corrected chi connectivity index (χ2v) is 8.31. The Hall–Kier alpha value is -3.26. The molecule has 2 rings (SSSR count). The van der Waals surface area contributed by atoms with Crippen LogP contribution < -0.4 is 5.32 Å². The second-order valence-electron chi connectivity index (χ2n) is 8.31. The van der Waals surface area contributed by atoms with Crippen LogP contribution in [0.4, 0.5) is 9.59 Å². The lowest BCUT2D eigenvalue weighted by Gasteiger charge is -2.26. The number of azide groups is 1. The molecule has 1 fully saturated rings. The molecule has 1 saturated heterocycles. The number of nitrogens with zero attached hydrogens (tertiary/aromatic N) is 4. The molecule has 0 aliphatic carbocycles. The predicted octanol–water partition coefficient (Wildman–Crippen LogP) is 3.81. The van der Waals surface area contributed by atoms with Crippen LogP contribution in [0.3, 0.4) is 0 Å². The summed E-state index contributed by atoms with van der Waals surface area (Å²) in [6.07, 6.45) is -0.102. The molecule has 1 aliphatic rings. The second kappa shape index (κ2) is 11.2. The maximum Gasteiger partial charge on any atom is 0.416 e. The number of imide groups is 1. The van der Waals surface area contributed by atoms with Gasteiger partial charge >= 0.3 is 12.2 Å². The van der Waals surface area contributed by atoms with Gasteiger partial charge in [-0.3, -0.25) is 4.79 Å². The topological polar surface area (TPSA) is 134 Å². The van der Waals surface area contributed by atoms with E-state index in [2.05, 4.69) is 15.3 Å². The normalized spacial score (nSPS) is 16.8. The van der Waals surface area contributed by atoms with E-state index in [1.165, 1.54) is 0 Å². The van der Waals surface area contributed by atoms with Gasteiger partial charge in [0.25, 0.3) is 0 Å². The van der Waals surface area contributed by atoms with Crippen molar-refractivity contribution in [3.63, 3.8) is 0 Å². The van der Waals surface area contributed by atoms with Gasteiger partial charge in [-0.1, -0.05) is 35.4 Å². The summed E-state index contributed by atoms with van der Waals surface area (Å²) in [6.45, 7) is 5.54. The van der Waals surface area contributed by atoms with Gasteiger partial charge in [-0.25, -0.2) is 14.5 Å². The van der Waals surface area contributed by atoms with E-state index in [0.717, 1.165) is 10.5 Å². The molecule has 10 nitrogen and oxygen atoms in total. The number of nitrogens with one attached hydrogen (secondary N) is 1. The van der Waals surface area contributed by atoms with Gasteiger partial charge in [0.05, 0.1) is 12.0 Å². The average Bonchev–Trinajstić information content (AvgIpc) is 3.06. The Bertz CT molecular complexity index is 817. The Morgan fingerprint density at radius 3 is 2.71 bits per heavy atom. The van der Waals surface area contributed by atoms with Crippen LogP contribution in [0.25, 0.3) is 10.4 Å². The van der Waals surface area contributed by atoms with Crippen molar-refractivity contribution in [3.8, 4) is 0 Å². The zero-order valence-electron chi connectivity index (χ0n) is 18.1. The third kappa shape index (κ3) is 7.82. The molecule has 168 valence electrons. The Kier molecular flexibility index (Phi) is 8.69. The summed E-state index contributed by atoms with van der Waals surface area (Å²) in [6, 6.07) is 9.10. The summed E-state index contributed by atoms with van der Waals surface area (Å²) >= 11 is 0. The van der Waals surface area contributed by atoms with E-state index in [4.69, 9.17) is 15.0 Å². The van der Waals surface area contributed by atoms with E-state index >= 15 is 0 Å². The van der Waals surface area contributed by atoms with Crippen molar-refractivity contribution in [2.24, 2.45) is 11.0 Å². The van der Waals surface area contributed by atoms with Crippen LogP contribution in [0.2, 0.25) is 0 Å². The zero-order chi connectivity index (χ0) is 22.9. The highest BCUT2D eigenvalue weighted by Gasteiger charge is 2.40. The largest absolute Gasteiger partial charge is 0.447 e.